The monoisotopic (exact) mass is 506 g/mol. The third kappa shape index (κ3) is 6.74. The average molecular weight is 507 g/mol. The van der Waals surface area contributed by atoms with E-state index in [0.29, 0.717) is 27.4 Å². The summed E-state index contributed by atoms with van der Waals surface area (Å²) in [7, 11) is 0. The second-order valence-electron chi connectivity index (χ2n) is 7.77. The molecule has 1 amide bonds. The van der Waals surface area contributed by atoms with Crippen molar-refractivity contribution < 1.29 is 14.3 Å². The van der Waals surface area contributed by atoms with Crippen LogP contribution in [0.5, 0.6) is 0 Å². The Hall–Kier alpha value is -3.55. The Morgan fingerprint density at radius 3 is 2.46 bits per heavy atom. The van der Waals surface area contributed by atoms with Crippen molar-refractivity contribution in [3.63, 3.8) is 0 Å². The van der Waals surface area contributed by atoms with Crippen LogP contribution in [0, 0.1) is 0 Å². The molecule has 178 valence electrons. The number of ether oxygens (including phenoxy) is 1. The number of hydrogen-bond donors (Lipinski definition) is 2. The standard InChI is InChI=1S/C27H23ClN2O4S/c28-20-12-10-18(11-13-20)26(32)30-24(27(33)34-14-15-35-21-6-2-1-3-7-21)16-19-17-25(31)29-23-9-5-4-8-22(19)23/h1-13,17,24H,14-16H2,(H,29,31)(H,30,32). The number of pyridine rings is 1. The smallest absolute Gasteiger partial charge is 0.329 e. The molecule has 0 saturated heterocycles. The summed E-state index contributed by atoms with van der Waals surface area (Å²) in [6, 6.07) is 24.0. The number of carbonyl (C=O) groups is 2. The predicted octanol–water partition coefficient (Wildman–Crippen LogP) is 4.86. The van der Waals surface area contributed by atoms with Gasteiger partial charge in [0.1, 0.15) is 12.6 Å². The minimum absolute atomic E-state index is 0.106. The van der Waals surface area contributed by atoms with Gasteiger partial charge in [-0.15, -0.1) is 11.8 Å². The Bertz CT molecular complexity index is 1370. The molecule has 4 rings (SSSR count). The van der Waals surface area contributed by atoms with E-state index in [9.17, 15) is 14.4 Å². The van der Waals surface area contributed by atoms with Crippen LogP contribution in [0.2, 0.25) is 5.02 Å². The minimum atomic E-state index is -0.981. The first-order valence-electron chi connectivity index (χ1n) is 11.0. The van der Waals surface area contributed by atoms with Gasteiger partial charge in [0, 0.05) is 44.6 Å². The molecule has 0 radical (unpaired) electrons. The average Bonchev–Trinajstić information content (AvgIpc) is 2.87. The zero-order valence-electron chi connectivity index (χ0n) is 18.7. The largest absolute Gasteiger partial charge is 0.463 e. The number of thioether (sulfide) groups is 1. The Kier molecular flexibility index (Phi) is 8.23. The second kappa shape index (κ2) is 11.7. The summed E-state index contributed by atoms with van der Waals surface area (Å²) >= 11 is 7.50. The van der Waals surface area contributed by atoms with Crippen LogP contribution >= 0.6 is 23.4 Å². The van der Waals surface area contributed by atoms with Crippen LogP contribution in [0.25, 0.3) is 10.9 Å². The predicted molar refractivity (Wildman–Crippen MR) is 139 cm³/mol. The topological polar surface area (TPSA) is 88.3 Å². The van der Waals surface area contributed by atoms with Crippen LogP contribution in [0.3, 0.4) is 0 Å². The highest BCUT2D eigenvalue weighted by Gasteiger charge is 2.24. The zero-order valence-corrected chi connectivity index (χ0v) is 20.3. The first-order valence-corrected chi connectivity index (χ1v) is 12.4. The van der Waals surface area contributed by atoms with Crippen molar-refractivity contribution in [2.75, 3.05) is 12.4 Å². The van der Waals surface area contributed by atoms with Crippen molar-refractivity contribution >= 4 is 46.1 Å². The Morgan fingerprint density at radius 1 is 0.971 bits per heavy atom. The quantitative estimate of drug-likeness (QED) is 0.192. The molecule has 8 heteroatoms. The molecule has 0 aliphatic heterocycles. The van der Waals surface area contributed by atoms with E-state index < -0.39 is 17.9 Å². The molecule has 2 N–H and O–H groups in total. The van der Waals surface area contributed by atoms with Crippen LogP contribution < -0.4 is 10.9 Å². The van der Waals surface area contributed by atoms with E-state index in [1.54, 1.807) is 42.1 Å². The van der Waals surface area contributed by atoms with Crippen LogP contribution in [0.15, 0.2) is 94.6 Å². The molecule has 6 nitrogen and oxygen atoms in total. The van der Waals surface area contributed by atoms with Gasteiger partial charge in [0.25, 0.3) is 5.91 Å². The summed E-state index contributed by atoms with van der Waals surface area (Å²) in [6.07, 6.45) is 0.106. The molecular formula is C27H23ClN2O4S. The van der Waals surface area contributed by atoms with Gasteiger partial charge in [0.15, 0.2) is 0 Å². The van der Waals surface area contributed by atoms with E-state index in [1.165, 1.54) is 6.07 Å². The third-order valence-electron chi connectivity index (χ3n) is 5.30. The molecule has 1 aromatic heterocycles. The first kappa shape index (κ1) is 24.6. The zero-order chi connectivity index (χ0) is 24.6. The molecule has 3 aromatic carbocycles. The van der Waals surface area contributed by atoms with Crippen LogP contribution in [0.4, 0.5) is 0 Å². The van der Waals surface area contributed by atoms with E-state index in [2.05, 4.69) is 10.3 Å². The summed E-state index contributed by atoms with van der Waals surface area (Å²) in [6.45, 7) is 0.182. The molecular weight excluding hydrogens is 484 g/mol. The van der Waals surface area contributed by atoms with E-state index in [4.69, 9.17) is 16.3 Å². The number of H-pyrrole nitrogens is 1. The van der Waals surface area contributed by atoms with Crippen molar-refractivity contribution in [1.82, 2.24) is 10.3 Å². The van der Waals surface area contributed by atoms with Crippen molar-refractivity contribution in [1.29, 1.82) is 0 Å². The van der Waals surface area contributed by atoms with Crippen molar-refractivity contribution in [3.8, 4) is 0 Å². The maximum absolute atomic E-state index is 13.0. The van der Waals surface area contributed by atoms with Gasteiger partial charge in [0.05, 0.1) is 0 Å². The molecule has 0 fully saturated rings. The minimum Gasteiger partial charge on any atom is -0.463 e. The fourth-order valence-corrected chi connectivity index (χ4v) is 4.50. The molecule has 35 heavy (non-hydrogen) atoms. The fraction of sp³-hybridized carbons (Fsp3) is 0.148. The van der Waals surface area contributed by atoms with Gasteiger partial charge in [-0.1, -0.05) is 48.0 Å². The van der Waals surface area contributed by atoms with Crippen LogP contribution in [-0.2, 0) is 16.0 Å². The number of amides is 1. The highest BCUT2D eigenvalue weighted by atomic mass is 35.5. The van der Waals surface area contributed by atoms with Gasteiger partial charge in [-0.3, -0.25) is 9.59 Å². The Morgan fingerprint density at radius 2 is 1.69 bits per heavy atom. The van der Waals surface area contributed by atoms with E-state index in [0.717, 1.165) is 10.3 Å². The molecule has 0 spiro atoms. The molecule has 1 unspecified atom stereocenters. The lowest BCUT2D eigenvalue weighted by Crippen LogP contribution is -2.43. The number of fused-ring (bicyclic) bond motifs is 1. The molecule has 1 atom stereocenters. The normalized spacial score (nSPS) is 11.7. The summed E-state index contributed by atoms with van der Waals surface area (Å²) in [4.78, 5) is 42.0. The molecule has 0 bridgehead atoms. The van der Waals surface area contributed by atoms with Gasteiger partial charge >= 0.3 is 5.97 Å². The van der Waals surface area contributed by atoms with Gasteiger partial charge in [-0.2, -0.15) is 0 Å². The number of rotatable bonds is 9. The summed E-state index contributed by atoms with van der Waals surface area (Å²) in [5.74, 6) is -0.427. The lowest BCUT2D eigenvalue weighted by molar-refractivity contribution is -0.145. The lowest BCUT2D eigenvalue weighted by Gasteiger charge is -2.19. The van der Waals surface area contributed by atoms with Crippen molar-refractivity contribution in [2.45, 2.75) is 17.4 Å². The molecule has 0 aliphatic carbocycles. The maximum atomic E-state index is 13.0. The second-order valence-corrected chi connectivity index (χ2v) is 9.38. The Labute approximate surface area is 211 Å². The van der Waals surface area contributed by atoms with Gasteiger partial charge < -0.3 is 15.0 Å². The lowest BCUT2D eigenvalue weighted by atomic mass is 10.0. The van der Waals surface area contributed by atoms with Crippen LogP contribution in [0.1, 0.15) is 15.9 Å². The van der Waals surface area contributed by atoms with Gasteiger partial charge in [0.2, 0.25) is 5.56 Å². The Balaban J connectivity index is 1.51. The number of esters is 1. The highest BCUT2D eigenvalue weighted by molar-refractivity contribution is 7.99. The van der Waals surface area contributed by atoms with Crippen molar-refractivity contribution in [2.24, 2.45) is 0 Å². The summed E-state index contributed by atoms with van der Waals surface area (Å²) in [5, 5.41) is 4.07. The number of aromatic amines is 1. The summed E-state index contributed by atoms with van der Waals surface area (Å²) in [5.41, 5.74) is 1.38. The number of benzene rings is 3. The SMILES string of the molecule is O=C(NC(Cc1cc(=O)[nH]c2ccccc12)C(=O)OCCSc1ccccc1)c1ccc(Cl)cc1. The van der Waals surface area contributed by atoms with Crippen molar-refractivity contribution in [3.05, 3.63) is 111 Å². The van der Waals surface area contributed by atoms with E-state index in [1.807, 2.05) is 48.5 Å². The fourth-order valence-electron chi connectivity index (χ4n) is 3.62. The summed E-state index contributed by atoms with van der Waals surface area (Å²) < 4.78 is 5.51. The number of nitrogens with one attached hydrogen (secondary N) is 2. The molecule has 1 heterocycles. The number of aromatic nitrogens is 1. The molecule has 0 aliphatic rings. The highest BCUT2D eigenvalue weighted by Crippen LogP contribution is 2.19. The van der Waals surface area contributed by atoms with Crippen LogP contribution in [-0.4, -0.2) is 35.3 Å². The number of halogens is 1. The first-order chi connectivity index (χ1) is 17.0. The number of para-hydroxylation sites is 1. The maximum Gasteiger partial charge on any atom is 0.329 e. The van der Waals surface area contributed by atoms with Gasteiger partial charge in [-0.25, -0.2) is 4.79 Å². The van der Waals surface area contributed by atoms with Gasteiger partial charge in [-0.05, 0) is 48.0 Å². The number of carbonyl (C=O) groups excluding carboxylic acids is 2. The van der Waals surface area contributed by atoms with E-state index in [-0.39, 0.29) is 18.6 Å². The molecule has 4 aromatic rings. The third-order valence-corrected chi connectivity index (χ3v) is 6.52. The number of hydrogen-bond acceptors (Lipinski definition) is 5. The van der Waals surface area contributed by atoms with E-state index >= 15 is 0 Å². The molecule has 0 saturated carbocycles.